The monoisotopic (exact) mass is 301 g/mol. The Morgan fingerprint density at radius 2 is 2.07 bits per heavy atom. The van der Waals surface area contributed by atoms with Crippen molar-refractivity contribution in [3.63, 3.8) is 0 Å². The Kier molecular flexibility index (Phi) is 3.44. The second-order valence-electron chi connectivity index (χ2n) is 4.04. The topological polar surface area (TPSA) is 12.0 Å². The van der Waals surface area contributed by atoms with E-state index in [1.54, 1.807) is 0 Å². The smallest absolute Gasteiger partial charge is 0.0304 e. The molecule has 0 spiro atoms. The standard InChI is InChI=1S/C12H16IN/c1-9(14-10-5-4-6-10)11-7-2-3-8-12(11)13/h2-3,7-10,14H,4-6H2,1H3. The average molecular weight is 301 g/mol. The maximum absolute atomic E-state index is 3.67. The fourth-order valence-corrected chi connectivity index (χ4v) is 2.70. The van der Waals surface area contributed by atoms with E-state index >= 15 is 0 Å². The van der Waals surface area contributed by atoms with Crippen LogP contribution in [0.1, 0.15) is 37.8 Å². The predicted molar refractivity (Wildman–Crippen MR) is 68.3 cm³/mol. The van der Waals surface area contributed by atoms with Gasteiger partial charge in [0.2, 0.25) is 0 Å². The van der Waals surface area contributed by atoms with Crippen molar-refractivity contribution in [2.45, 2.75) is 38.3 Å². The lowest BCUT2D eigenvalue weighted by Gasteiger charge is -2.30. The maximum atomic E-state index is 3.67. The molecule has 1 atom stereocenters. The Hall–Kier alpha value is -0.0900. The van der Waals surface area contributed by atoms with Crippen LogP contribution in [0.2, 0.25) is 0 Å². The first-order valence-electron chi connectivity index (χ1n) is 5.28. The van der Waals surface area contributed by atoms with Gasteiger partial charge in [0.25, 0.3) is 0 Å². The molecule has 1 aromatic carbocycles. The molecule has 1 aromatic rings. The summed E-state index contributed by atoms with van der Waals surface area (Å²) in [6.07, 6.45) is 4.11. The van der Waals surface area contributed by atoms with Gasteiger partial charge in [0.15, 0.2) is 0 Å². The highest BCUT2D eigenvalue weighted by Gasteiger charge is 2.20. The number of nitrogens with one attached hydrogen (secondary N) is 1. The van der Waals surface area contributed by atoms with E-state index in [9.17, 15) is 0 Å². The molecule has 76 valence electrons. The van der Waals surface area contributed by atoms with E-state index in [-0.39, 0.29) is 0 Å². The zero-order chi connectivity index (χ0) is 9.97. The van der Waals surface area contributed by atoms with Crippen LogP contribution in [0.15, 0.2) is 24.3 Å². The van der Waals surface area contributed by atoms with Gasteiger partial charge in [0, 0.05) is 15.7 Å². The summed E-state index contributed by atoms with van der Waals surface area (Å²) in [6, 6.07) is 9.87. The molecule has 14 heavy (non-hydrogen) atoms. The van der Waals surface area contributed by atoms with Gasteiger partial charge >= 0.3 is 0 Å². The quantitative estimate of drug-likeness (QED) is 0.843. The van der Waals surface area contributed by atoms with Crippen LogP contribution in [0.3, 0.4) is 0 Å². The molecule has 1 aliphatic carbocycles. The lowest BCUT2D eigenvalue weighted by atomic mass is 9.92. The highest BCUT2D eigenvalue weighted by atomic mass is 127. The minimum Gasteiger partial charge on any atom is -0.307 e. The van der Waals surface area contributed by atoms with E-state index in [1.165, 1.54) is 28.4 Å². The Balaban J connectivity index is 2.02. The Morgan fingerprint density at radius 3 is 2.64 bits per heavy atom. The average Bonchev–Trinajstić information content (AvgIpc) is 2.12. The van der Waals surface area contributed by atoms with Crippen molar-refractivity contribution in [1.82, 2.24) is 5.32 Å². The van der Waals surface area contributed by atoms with Gasteiger partial charge in [0.05, 0.1) is 0 Å². The van der Waals surface area contributed by atoms with E-state index in [0.29, 0.717) is 6.04 Å². The van der Waals surface area contributed by atoms with Crippen molar-refractivity contribution < 1.29 is 0 Å². The summed E-state index contributed by atoms with van der Waals surface area (Å²) in [6.45, 7) is 2.26. The summed E-state index contributed by atoms with van der Waals surface area (Å²) in [5.41, 5.74) is 1.43. The minimum absolute atomic E-state index is 0.494. The fourth-order valence-electron chi connectivity index (χ4n) is 1.84. The number of halogens is 1. The molecule has 1 unspecified atom stereocenters. The van der Waals surface area contributed by atoms with Gasteiger partial charge < -0.3 is 5.32 Å². The number of benzene rings is 1. The van der Waals surface area contributed by atoms with Crippen molar-refractivity contribution in [3.05, 3.63) is 33.4 Å². The highest BCUT2D eigenvalue weighted by Crippen LogP contribution is 2.24. The summed E-state index contributed by atoms with van der Waals surface area (Å²) >= 11 is 2.41. The third kappa shape index (κ3) is 2.28. The third-order valence-corrected chi connectivity index (χ3v) is 3.95. The van der Waals surface area contributed by atoms with Crippen LogP contribution in [-0.2, 0) is 0 Å². The lowest BCUT2D eigenvalue weighted by molar-refractivity contribution is 0.313. The second-order valence-corrected chi connectivity index (χ2v) is 5.20. The van der Waals surface area contributed by atoms with Crippen LogP contribution in [0.25, 0.3) is 0 Å². The van der Waals surface area contributed by atoms with E-state index in [4.69, 9.17) is 0 Å². The van der Waals surface area contributed by atoms with E-state index in [2.05, 4.69) is 59.1 Å². The molecule has 2 heteroatoms. The largest absolute Gasteiger partial charge is 0.307 e. The van der Waals surface area contributed by atoms with Crippen molar-refractivity contribution in [1.29, 1.82) is 0 Å². The molecule has 1 nitrogen and oxygen atoms in total. The molecule has 0 radical (unpaired) electrons. The van der Waals surface area contributed by atoms with Crippen LogP contribution < -0.4 is 5.32 Å². The molecular weight excluding hydrogens is 285 g/mol. The third-order valence-electron chi connectivity index (χ3n) is 2.96. The summed E-state index contributed by atoms with van der Waals surface area (Å²) in [5.74, 6) is 0. The van der Waals surface area contributed by atoms with Crippen LogP contribution in [0, 0.1) is 3.57 Å². The molecule has 1 aliphatic rings. The molecule has 1 N–H and O–H groups in total. The summed E-state index contributed by atoms with van der Waals surface area (Å²) in [5, 5.41) is 3.67. The van der Waals surface area contributed by atoms with E-state index in [1.807, 2.05) is 0 Å². The first kappa shape index (κ1) is 10.4. The minimum atomic E-state index is 0.494. The van der Waals surface area contributed by atoms with Crippen LogP contribution in [-0.4, -0.2) is 6.04 Å². The Morgan fingerprint density at radius 1 is 1.36 bits per heavy atom. The Bertz CT molecular complexity index is 307. The van der Waals surface area contributed by atoms with E-state index < -0.39 is 0 Å². The van der Waals surface area contributed by atoms with E-state index in [0.717, 1.165) is 6.04 Å². The van der Waals surface area contributed by atoms with Crippen molar-refractivity contribution in [3.8, 4) is 0 Å². The second kappa shape index (κ2) is 4.62. The molecule has 1 saturated carbocycles. The molecule has 2 rings (SSSR count). The molecule has 1 fully saturated rings. The van der Waals surface area contributed by atoms with Gasteiger partial charge in [-0.2, -0.15) is 0 Å². The lowest BCUT2D eigenvalue weighted by Crippen LogP contribution is -2.37. The zero-order valence-corrected chi connectivity index (χ0v) is 10.6. The molecule has 0 aliphatic heterocycles. The van der Waals surface area contributed by atoms with Gasteiger partial charge in [-0.3, -0.25) is 0 Å². The fraction of sp³-hybridized carbons (Fsp3) is 0.500. The highest BCUT2D eigenvalue weighted by molar-refractivity contribution is 14.1. The number of hydrogen-bond acceptors (Lipinski definition) is 1. The summed E-state index contributed by atoms with van der Waals surface area (Å²) < 4.78 is 1.37. The first-order valence-corrected chi connectivity index (χ1v) is 6.35. The molecule has 0 aromatic heterocycles. The maximum Gasteiger partial charge on any atom is 0.0304 e. The predicted octanol–water partition coefficient (Wildman–Crippen LogP) is 3.49. The summed E-state index contributed by atoms with van der Waals surface area (Å²) in [4.78, 5) is 0. The van der Waals surface area contributed by atoms with Gasteiger partial charge in [0.1, 0.15) is 0 Å². The molecule has 0 saturated heterocycles. The number of rotatable bonds is 3. The SMILES string of the molecule is CC(NC1CCC1)c1ccccc1I. The van der Waals surface area contributed by atoms with Crippen molar-refractivity contribution in [2.24, 2.45) is 0 Å². The van der Waals surface area contributed by atoms with Crippen LogP contribution in [0.5, 0.6) is 0 Å². The normalized spacial score (nSPS) is 19.0. The van der Waals surface area contributed by atoms with Gasteiger partial charge in [-0.05, 0) is 54.0 Å². The Labute approximate surface area is 99.4 Å². The van der Waals surface area contributed by atoms with Crippen LogP contribution >= 0.6 is 22.6 Å². The molecule has 0 heterocycles. The first-order chi connectivity index (χ1) is 6.77. The number of hydrogen-bond donors (Lipinski definition) is 1. The van der Waals surface area contributed by atoms with Gasteiger partial charge in [-0.1, -0.05) is 24.6 Å². The van der Waals surface area contributed by atoms with Crippen molar-refractivity contribution >= 4 is 22.6 Å². The molecule has 0 amide bonds. The van der Waals surface area contributed by atoms with Gasteiger partial charge in [-0.25, -0.2) is 0 Å². The summed E-state index contributed by atoms with van der Waals surface area (Å²) in [7, 11) is 0. The zero-order valence-electron chi connectivity index (χ0n) is 8.46. The molecular formula is C12H16IN. The van der Waals surface area contributed by atoms with Crippen LogP contribution in [0.4, 0.5) is 0 Å². The van der Waals surface area contributed by atoms with Crippen molar-refractivity contribution in [2.75, 3.05) is 0 Å². The molecule has 0 bridgehead atoms. The van der Waals surface area contributed by atoms with Gasteiger partial charge in [-0.15, -0.1) is 0 Å².